The van der Waals surface area contributed by atoms with Crippen LogP contribution >= 0.6 is 11.8 Å². The van der Waals surface area contributed by atoms with Gasteiger partial charge in [0.25, 0.3) is 0 Å². The fraction of sp³-hybridized carbons (Fsp3) is 0.0952. The highest BCUT2D eigenvalue weighted by molar-refractivity contribution is 8.14. The quantitative estimate of drug-likeness (QED) is 0.470. The van der Waals surface area contributed by atoms with Crippen LogP contribution in [0.15, 0.2) is 77.8 Å². The number of halogens is 2. The molecule has 2 N–H and O–H groups in total. The molecule has 0 saturated heterocycles. The van der Waals surface area contributed by atoms with E-state index in [1.165, 1.54) is 36.0 Å². The van der Waals surface area contributed by atoms with E-state index in [0.29, 0.717) is 16.6 Å². The third-order valence-electron chi connectivity index (χ3n) is 3.88. The Bertz CT molecular complexity index is 882. The molecule has 0 aliphatic rings. The predicted octanol–water partition coefficient (Wildman–Crippen LogP) is 5.44. The molecule has 0 radical (unpaired) electrons. The zero-order chi connectivity index (χ0) is 19.2. The summed E-state index contributed by atoms with van der Waals surface area (Å²) in [5.41, 5.74) is 8.51. The summed E-state index contributed by atoms with van der Waals surface area (Å²) < 4.78 is 31.8. The molecule has 3 aromatic carbocycles. The maximum atomic E-state index is 13.3. The first-order valence-electron chi connectivity index (χ1n) is 8.21. The van der Waals surface area contributed by atoms with E-state index < -0.39 is 0 Å². The van der Waals surface area contributed by atoms with Gasteiger partial charge in [-0.1, -0.05) is 42.1 Å². The third kappa shape index (κ3) is 5.08. The molecule has 3 nitrogen and oxygen atoms in total. The summed E-state index contributed by atoms with van der Waals surface area (Å²) >= 11 is 1.31. The molecule has 3 rings (SSSR count). The van der Waals surface area contributed by atoms with Crippen molar-refractivity contribution in [3.8, 4) is 5.75 Å². The molecule has 0 aliphatic heterocycles. The van der Waals surface area contributed by atoms with Crippen molar-refractivity contribution in [1.29, 1.82) is 0 Å². The highest BCUT2D eigenvalue weighted by Gasteiger charge is 2.17. The van der Waals surface area contributed by atoms with Crippen LogP contribution in [0.3, 0.4) is 0 Å². The highest BCUT2D eigenvalue weighted by atomic mass is 32.2. The summed E-state index contributed by atoms with van der Waals surface area (Å²) in [6.07, 6.45) is 0. The molecule has 0 heterocycles. The minimum absolute atomic E-state index is 0.249. The van der Waals surface area contributed by atoms with Gasteiger partial charge in [0.15, 0.2) is 5.17 Å². The summed E-state index contributed by atoms with van der Waals surface area (Å²) in [6, 6.07) is 19.6. The van der Waals surface area contributed by atoms with Crippen LogP contribution in [0.1, 0.15) is 16.4 Å². The normalized spacial score (nSPS) is 11.6. The van der Waals surface area contributed by atoms with Crippen molar-refractivity contribution in [3.05, 3.63) is 95.6 Å². The third-order valence-corrected chi connectivity index (χ3v) is 4.99. The lowest BCUT2D eigenvalue weighted by Crippen LogP contribution is -2.10. The van der Waals surface area contributed by atoms with Gasteiger partial charge in [0.2, 0.25) is 0 Å². The maximum absolute atomic E-state index is 13.3. The van der Waals surface area contributed by atoms with Gasteiger partial charge >= 0.3 is 0 Å². The van der Waals surface area contributed by atoms with Crippen LogP contribution in [0.5, 0.6) is 5.75 Å². The van der Waals surface area contributed by atoms with E-state index in [2.05, 4.69) is 4.99 Å². The summed E-state index contributed by atoms with van der Waals surface area (Å²) in [7, 11) is 1.58. The molecule has 0 aliphatic carbocycles. The highest BCUT2D eigenvalue weighted by Crippen LogP contribution is 2.36. The zero-order valence-electron chi connectivity index (χ0n) is 14.6. The average Bonchev–Trinajstić information content (AvgIpc) is 2.68. The SMILES string of the molecule is COc1cccc(N=C(N)SC(c2ccc(F)cc2)c2ccc(F)cc2)c1. The second-order valence-corrected chi connectivity index (χ2v) is 6.88. The van der Waals surface area contributed by atoms with E-state index in [0.717, 1.165) is 11.1 Å². The van der Waals surface area contributed by atoms with E-state index in [-0.39, 0.29) is 16.9 Å². The van der Waals surface area contributed by atoms with Gasteiger partial charge in [0, 0.05) is 6.07 Å². The van der Waals surface area contributed by atoms with Crippen LogP contribution in [0.2, 0.25) is 0 Å². The Morgan fingerprint density at radius 3 is 2.00 bits per heavy atom. The molecule has 6 heteroatoms. The Kier molecular flexibility index (Phi) is 6.08. The number of methoxy groups -OCH3 is 1. The Morgan fingerprint density at radius 1 is 0.926 bits per heavy atom. The predicted molar refractivity (Wildman–Crippen MR) is 107 cm³/mol. The molecule has 138 valence electrons. The van der Waals surface area contributed by atoms with E-state index in [1.54, 1.807) is 37.4 Å². The summed E-state index contributed by atoms with van der Waals surface area (Å²) in [5, 5.41) is 0.0856. The Morgan fingerprint density at radius 2 is 1.48 bits per heavy atom. The second-order valence-electron chi connectivity index (χ2n) is 5.75. The summed E-state index contributed by atoms with van der Waals surface area (Å²) in [4.78, 5) is 4.42. The van der Waals surface area contributed by atoms with E-state index in [9.17, 15) is 8.78 Å². The number of ether oxygens (including phenoxy) is 1. The fourth-order valence-electron chi connectivity index (χ4n) is 2.56. The van der Waals surface area contributed by atoms with Gasteiger partial charge < -0.3 is 10.5 Å². The van der Waals surface area contributed by atoms with Crippen molar-refractivity contribution >= 4 is 22.6 Å². The number of nitrogens with two attached hydrogens (primary N) is 1. The van der Waals surface area contributed by atoms with E-state index in [4.69, 9.17) is 10.5 Å². The Hall–Kier alpha value is -2.86. The minimum atomic E-state index is -0.320. The van der Waals surface area contributed by atoms with Crippen LogP contribution in [-0.2, 0) is 0 Å². The summed E-state index contributed by atoms with van der Waals surface area (Å²) in [6.45, 7) is 0. The lowest BCUT2D eigenvalue weighted by molar-refractivity contribution is 0.415. The number of aliphatic imine (C=N–C) groups is 1. The van der Waals surface area contributed by atoms with Gasteiger partial charge in [-0.15, -0.1) is 0 Å². The topological polar surface area (TPSA) is 47.6 Å². The maximum Gasteiger partial charge on any atom is 0.160 e. The van der Waals surface area contributed by atoms with Crippen LogP contribution in [-0.4, -0.2) is 12.3 Å². The van der Waals surface area contributed by atoms with E-state index >= 15 is 0 Å². The van der Waals surface area contributed by atoms with Gasteiger partial charge in [-0.05, 0) is 47.5 Å². The zero-order valence-corrected chi connectivity index (χ0v) is 15.4. The molecular weight excluding hydrogens is 366 g/mol. The van der Waals surface area contributed by atoms with Crippen LogP contribution in [0.4, 0.5) is 14.5 Å². The smallest absolute Gasteiger partial charge is 0.160 e. The lowest BCUT2D eigenvalue weighted by Gasteiger charge is -2.17. The van der Waals surface area contributed by atoms with Gasteiger partial charge in [0.1, 0.15) is 17.4 Å². The largest absolute Gasteiger partial charge is 0.497 e. The first-order valence-corrected chi connectivity index (χ1v) is 9.09. The number of hydrogen-bond acceptors (Lipinski definition) is 3. The number of thioether (sulfide) groups is 1. The monoisotopic (exact) mass is 384 g/mol. The number of nitrogens with zero attached hydrogens (tertiary/aromatic N) is 1. The van der Waals surface area contributed by atoms with Crippen molar-refractivity contribution in [3.63, 3.8) is 0 Å². The first-order chi connectivity index (χ1) is 13.0. The molecule has 0 aromatic heterocycles. The number of amidine groups is 1. The van der Waals surface area contributed by atoms with Gasteiger partial charge in [0.05, 0.1) is 18.0 Å². The van der Waals surface area contributed by atoms with Crippen molar-refractivity contribution in [2.24, 2.45) is 10.7 Å². The molecule has 0 bridgehead atoms. The number of rotatable bonds is 5. The number of benzene rings is 3. The van der Waals surface area contributed by atoms with Crippen LogP contribution in [0.25, 0.3) is 0 Å². The average molecular weight is 384 g/mol. The van der Waals surface area contributed by atoms with E-state index in [1.807, 2.05) is 18.2 Å². The van der Waals surface area contributed by atoms with Gasteiger partial charge in [-0.2, -0.15) is 0 Å². The van der Waals surface area contributed by atoms with Crippen molar-refractivity contribution < 1.29 is 13.5 Å². The van der Waals surface area contributed by atoms with Crippen LogP contribution in [0, 0.1) is 11.6 Å². The van der Waals surface area contributed by atoms with Gasteiger partial charge in [-0.25, -0.2) is 13.8 Å². The van der Waals surface area contributed by atoms with Crippen molar-refractivity contribution in [2.75, 3.05) is 7.11 Å². The minimum Gasteiger partial charge on any atom is -0.497 e. The van der Waals surface area contributed by atoms with Crippen LogP contribution < -0.4 is 10.5 Å². The number of hydrogen-bond donors (Lipinski definition) is 1. The molecule has 0 spiro atoms. The molecule has 0 atom stereocenters. The van der Waals surface area contributed by atoms with Crippen molar-refractivity contribution in [1.82, 2.24) is 0 Å². The molecular formula is C21H18F2N2OS. The Balaban J connectivity index is 1.91. The Labute approximate surface area is 160 Å². The molecule has 0 saturated carbocycles. The second kappa shape index (κ2) is 8.68. The standard InChI is InChI=1S/C21H18F2N2OS/c1-26-19-4-2-3-18(13-19)25-21(24)27-20(14-5-9-16(22)10-6-14)15-7-11-17(23)12-8-15/h2-13,20H,1H3,(H2,24,25). The molecule has 0 amide bonds. The molecule has 0 fully saturated rings. The molecule has 3 aromatic rings. The van der Waals surface area contributed by atoms with Crippen molar-refractivity contribution in [2.45, 2.75) is 5.25 Å². The van der Waals surface area contributed by atoms with Gasteiger partial charge in [-0.3, -0.25) is 0 Å². The fourth-order valence-corrected chi connectivity index (χ4v) is 3.54. The summed E-state index contributed by atoms with van der Waals surface area (Å²) in [5.74, 6) is 0.0434. The lowest BCUT2D eigenvalue weighted by atomic mass is 10.0. The molecule has 0 unspecified atom stereocenters. The first kappa shape index (κ1) is 18.9. The molecule has 27 heavy (non-hydrogen) atoms.